The van der Waals surface area contributed by atoms with Crippen molar-refractivity contribution in [2.75, 3.05) is 0 Å². The van der Waals surface area contributed by atoms with Crippen LogP contribution in [0.2, 0.25) is 0 Å². The van der Waals surface area contributed by atoms with E-state index in [0.717, 1.165) is 13.4 Å². The van der Waals surface area contributed by atoms with Gasteiger partial charge in [-0.15, -0.1) is 0 Å². The van der Waals surface area contributed by atoms with Crippen LogP contribution in [0.1, 0.15) is 6.92 Å². The van der Waals surface area contributed by atoms with Crippen LogP contribution in [0.5, 0.6) is 0 Å². The molecule has 0 aliphatic rings. The predicted molar refractivity (Wildman–Crippen MR) is 84.2 cm³/mol. The monoisotopic (exact) mass is 462 g/mol. The topological polar surface area (TPSA) is 53.5 Å². The second kappa shape index (κ2) is 5.12. The molecule has 3 rings (SSSR count). The van der Waals surface area contributed by atoms with Crippen LogP contribution in [-0.2, 0) is 5.79 Å². The van der Waals surface area contributed by atoms with Gasteiger partial charge < -0.3 is 0 Å². The van der Waals surface area contributed by atoms with Crippen LogP contribution in [0.25, 0.3) is 0 Å². The van der Waals surface area contributed by atoms with E-state index in [4.69, 9.17) is 0 Å². The highest BCUT2D eigenvalue weighted by molar-refractivity contribution is 9.11. The van der Waals surface area contributed by atoms with E-state index in [9.17, 15) is 0 Å². The molecule has 0 spiro atoms. The van der Waals surface area contributed by atoms with Gasteiger partial charge in [0.05, 0.1) is 32.0 Å². The zero-order valence-corrected chi connectivity index (χ0v) is 15.0. The van der Waals surface area contributed by atoms with Crippen LogP contribution >= 0.6 is 47.8 Å². The first-order valence-electron chi connectivity index (χ1n) is 5.62. The highest BCUT2D eigenvalue weighted by Crippen LogP contribution is 2.24. The molecule has 0 radical (unpaired) electrons. The van der Waals surface area contributed by atoms with Crippen LogP contribution in [0.4, 0.5) is 0 Å². The van der Waals surface area contributed by atoms with Gasteiger partial charge in [-0.05, 0) is 47.8 Å². The van der Waals surface area contributed by atoms with E-state index in [0.29, 0.717) is 0 Å². The highest BCUT2D eigenvalue weighted by Gasteiger charge is 2.33. The van der Waals surface area contributed by atoms with Crippen molar-refractivity contribution in [1.29, 1.82) is 0 Å². The minimum Gasteiger partial charge on any atom is -0.224 e. The van der Waals surface area contributed by atoms with Crippen molar-refractivity contribution < 1.29 is 0 Å². The summed E-state index contributed by atoms with van der Waals surface area (Å²) >= 11 is 10.3. The fraction of sp³-hybridized carbons (Fsp3) is 0.182. The molecule has 0 aliphatic heterocycles. The molecule has 0 amide bonds. The van der Waals surface area contributed by atoms with E-state index in [2.05, 4.69) is 63.1 Å². The molecule has 0 atom stereocenters. The van der Waals surface area contributed by atoms with Crippen molar-refractivity contribution in [2.24, 2.45) is 0 Å². The van der Waals surface area contributed by atoms with Crippen molar-refractivity contribution in [3.05, 3.63) is 50.6 Å². The summed E-state index contributed by atoms with van der Waals surface area (Å²) in [6, 6.07) is 0. The van der Waals surface area contributed by atoms with Gasteiger partial charge in [-0.3, -0.25) is 0 Å². The minimum absolute atomic E-state index is 0.732. The third-order valence-electron chi connectivity index (χ3n) is 2.96. The molecule has 3 aromatic rings. The second-order valence-corrected chi connectivity index (χ2v) is 7.03. The van der Waals surface area contributed by atoms with Crippen molar-refractivity contribution in [1.82, 2.24) is 29.3 Å². The van der Waals surface area contributed by atoms with E-state index in [-0.39, 0.29) is 0 Å². The summed E-state index contributed by atoms with van der Waals surface area (Å²) < 4.78 is 8.03. The van der Waals surface area contributed by atoms with Gasteiger partial charge in [-0.2, -0.15) is 15.3 Å². The summed E-state index contributed by atoms with van der Waals surface area (Å²) in [5.74, 6) is -0.732. The Bertz CT molecular complexity index is 644. The van der Waals surface area contributed by atoms with Gasteiger partial charge in [0.25, 0.3) is 0 Å². The Hall–Kier alpha value is -0.930. The number of hydrogen-bond donors (Lipinski definition) is 0. The van der Waals surface area contributed by atoms with Gasteiger partial charge in [-0.25, -0.2) is 14.0 Å². The van der Waals surface area contributed by atoms with Gasteiger partial charge >= 0.3 is 0 Å². The maximum Gasteiger partial charge on any atom is 0.245 e. The molecule has 9 heteroatoms. The van der Waals surface area contributed by atoms with Crippen LogP contribution in [0, 0.1) is 0 Å². The molecular weight excluding hydrogens is 456 g/mol. The maximum absolute atomic E-state index is 4.38. The standard InChI is InChI=1S/C11H9Br3N6/c1-11(18-5-8(12)2-15-18,19-6-9(13)3-16-19)20-7-10(14)4-17-20/h2-7H,1H3. The summed E-state index contributed by atoms with van der Waals surface area (Å²) in [7, 11) is 0. The Morgan fingerprint density at radius 3 is 1.25 bits per heavy atom. The Balaban J connectivity index is 2.22. The van der Waals surface area contributed by atoms with Crippen LogP contribution in [0.3, 0.4) is 0 Å². The first-order valence-corrected chi connectivity index (χ1v) is 8.00. The van der Waals surface area contributed by atoms with E-state index in [1.54, 1.807) is 32.6 Å². The molecule has 3 heterocycles. The Kier molecular flexibility index (Phi) is 3.59. The average Bonchev–Trinajstić information content (AvgIpc) is 3.10. The predicted octanol–water partition coefficient (Wildman–Crippen LogP) is 3.29. The van der Waals surface area contributed by atoms with Crippen molar-refractivity contribution in [3.8, 4) is 0 Å². The molecule has 6 nitrogen and oxygen atoms in total. The van der Waals surface area contributed by atoms with Gasteiger partial charge in [0, 0.05) is 25.5 Å². The normalized spacial score (nSPS) is 12.0. The quantitative estimate of drug-likeness (QED) is 0.597. The molecule has 0 fully saturated rings. The van der Waals surface area contributed by atoms with Crippen molar-refractivity contribution in [2.45, 2.75) is 12.7 Å². The lowest BCUT2D eigenvalue weighted by atomic mass is 10.4. The SMILES string of the molecule is CC(n1cc(Br)cn1)(n1cc(Br)cn1)n1cc(Br)cn1. The summed E-state index contributed by atoms with van der Waals surface area (Å²) in [5.41, 5.74) is 0. The zero-order valence-electron chi connectivity index (χ0n) is 10.3. The van der Waals surface area contributed by atoms with E-state index in [1.165, 1.54) is 0 Å². The van der Waals surface area contributed by atoms with E-state index < -0.39 is 5.79 Å². The maximum atomic E-state index is 4.38. The molecule has 0 aromatic carbocycles. The number of halogens is 3. The molecule has 0 bridgehead atoms. The first kappa shape index (κ1) is 14.0. The van der Waals surface area contributed by atoms with Crippen LogP contribution in [0.15, 0.2) is 50.6 Å². The summed E-state index contributed by atoms with van der Waals surface area (Å²) in [4.78, 5) is 0. The lowest BCUT2D eigenvalue weighted by molar-refractivity contribution is 0.141. The second-order valence-electron chi connectivity index (χ2n) is 4.28. The molecule has 104 valence electrons. The fourth-order valence-corrected chi connectivity index (χ4v) is 2.77. The summed E-state index contributed by atoms with van der Waals surface area (Å²) in [6.07, 6.45) is 10.8. The smallest absolute Gasteiger partial charge is 0.224 e. The molecule has 0 N–H and O–H groups in total. The third-order valence-corrected chi connectivity index (χ3v) is 4.18. The molecule has 0 aliphatic carbocycles. The van der Waals surface area contributed by atoms with Crippen LogP contribution < -0.4 is 0 Å². The molecule has 0 saturated heterocycles. The Morgan fingerprint density at radius 1 is 0.750 bits per heavy atom. The first-order chi connectivity index (χ1) is 9.50. The molecule has 0 unspecified atom stereocenters. The van der Waals surface area contributed by atoms with Crippen LogP contribution in [-0.4, -0.2) is 29.3 Å². The van der Waals surface area contributed by atoms with E-state index in [1.807, 2.05) is 25.5 Å². The largest absolute Gasteiger partial charge is 0.245 e. The number of aromatic nitrogens is 6. The van der Waals surface area contributed by atoms with E-state index >= 15 is 0 Å². The van der Waals surface area contributed by atoms with Gasteiger partial charge in [0.15, 0.2) is 0 Å². The van der Waals surface area contributed by atoms with Gasteiger partial charge in [-0.1, -0.05) is 0 Å². The van der Waals surface area contributed by atoms with Crippen molar-refractivity contribution in [3.63, 3.8) is 0 Å². The Morgan fingerprint density at radius 2 is 1.05 bits per heavy atom. The minimum atomic E-state index is -0.732. The van der Waals surface area contributed by atoms with Gasteiger partial charge in [0.2, 0.25) is 5.79 Å². The molecule has 20 heavy (non-hydrogen) atoms. The number of hydrogen-bond acceptors (Lipinski definition) is 3. The highest BCUT2D eigenvalue weighted by atomic mass is 79.9. The molecular formula is C11H9Br3N6. The average molecular weight is 465 g/mol. The third kappa shape index (κ3) is 2.27. The van der Waals surface area contributed by atoms with Gasteiger partial charge in [0.1, 0.15) is 0 Å². The molecule has 3 aromatic heterocycles. The summed E-state index contributed by atoms with van der Waals surface area (Å²) in [5, 5.41) is 13.1. The van der Waals surface area contributed by atoms with Crippen molar-refractivity contribution >= 4 is 47.8 Å². The summed E-state index contributed by atoms with van der Waals surface area (Å²) in [6.45, 7) is 1.98. The Labute approximate surface area is 140 Å². The zero-order chi connectivity index (χ0) is 14.3. The lowest BCUT2D eigenvalue weighted by Crippen LogP contribution is -2.46. The fourth-order valence-electron chi connectivity index (χ4n) is 1.91. The lowest BCUT2D eigenvalue weighted by Gasteiger charge is -2.30. The number of rotatable bonds is 3. The number of nitrogens with zero attached hydrogens (tertiary/aromatic N) is 6. The molecule has 0 saturated carbocycles.